The van der Waals surface area contributed by atoms with E-state index in [2.05, 4.69) is 10.6 Å². The van der Waals surface area contributed by atoms with Crippen LogP contribution in [-0.4, -0.2) is 27.9 Å². The molecule has 1 aromatic heterocycles. The van der Waals surface area contributed by atoms with Crippen molar-refractivity contribution in [2.75, 3.05) is 17.2 Å². The first-order valence-corrected chi connectivity index (χ1v) is 10.8. The lowest BCUT2D eigenvalue weighted by molar-refractivity contribution is -0.137. The Morgan fingerprint density at radius 1 is 1.15 bits per heavy atom. The molecule has 0 radical (unpaired) electrons. The summed E-state index contributed by atoms with van der Waals surface area (Å²) in [6, 6.07) is 11.0. The highest BCUT2D eigenvalue weighted by molar-refractivity contribution is 5.96. The van der Waals surface area contributed by atoms with Gasteiger partial charge >= 0.3 is 6.18 Å². The van der Waals surface area contributed by atoms with Crippen LogP contribution in [0.2, 0.25) is 0 Å². The number of rotatable bonds is 8. The Kier molecular flexibility index (Phi) is 7.38. The number of halogens is 3. The van der Waals surface area contributed by atoms with Crippen LogP contribution in [0.15, 0.2) is 53.3 Å². The SMILES string of the molecule is CCCOc1ccc(C(F)(F)F)cc1NC(C)C(=O)Nc1c(C)n(C)n(-c2ccccc2)c1=O. The number of alkyl halides is 3. The van der Waals surface area contributed by atoms with Crippen LogP contribution >= 0.6 is 0 Å². The molecule has 2 aromatic carbocycles. The molecule has 0 aliphatic heterocycles. The topological polar surface area (TPSA) is 77.3 Å². The number of amides is 1. The summed E-state index contributed by atoms with van der Waals surface area (Å²) >= 11 is 0. The van der Waals surface area contributed by atoms with Crippen molar-refractivity contribution in [3.8, 4) is 11.4 Å². The zero-order valence-corrected chi connectivity index (χ0v) is 19.4. The van der Waals surface area contributed by atoms with E-state index in [0.717, 1.165) is 12.1 Å². The predicted molar refractivity (Wildman–Crippen MR) is 125 cm³/mol. The zero-order chi connectivity index (χ0) is 25.0. The Labute approximate surface area is 195 Å². The Morgan fingerprint density at radius 3 is 2.44 bits per heavy atom. The van der Waals surface area contributed by atoms with Crippen LogP contribution in [0.5, 0.6) is 5.75 Å². The third-order valence-corrected chi connectivity index (χ3v) is 5.34. The van der Waals surface area contributed by atoms with Gasteiger partial charge in [0.05, 0.1) is 29.2 Å². The maximum atomic E-state index is 13.2. The first-order valence-electron chi connectivity index (χ1n) is 10.8. The molecule has 34 heavy (non-hydrogen) atoms. The van der Waals surface area contributed by atoms with Gasteiger partial charge in [0.1, 0.15) is 17.5 Å². The molecule has 7 nitrogen and oxygen atoms in total. The van der Waals surface area contributed by atoms with Gasteiger partial charge in [-0.1, -0.05) is 25.1 Å². The normalized spacial score (nSPS) is 12.3. The second kappa shape index (κ2) is 10.1. The predicted octanol–water partition coefficient (Wildman–Crippen LogP) is 4.73. The average Bonchev–Trinajstić information content (AvgIpc) is 3.01. The van der Waals surface area contributed by atoms with Crippen molar-refractivity contribution in [3.63, 3.8) is 0 Å². The molecule has 0 bridgehead atoms. The maximum Gasteiger partial charge on any atom is 0.416 e. The number of para-hydroxylation sites is 1. The number of carbonyl (C=O) groups excluding carboxylic acids is 1. The number of aromatic nitrogens is 2. The number of anilines is 2. The minimum atomic E-state index is -4.55. The molecular weight excluding hydrogens is 449 g/mol. The molecule has 3 aromatic rings. The summed E-state index contributed by atoms with van der Waals surface area (Å²) in [7, 11) is 1.70. The number of hydrogen-bond donors (Lipinski definition) is 2. The second-order valence-corrected chi connectivity index (χ2v) is 7.85. The molecule has 0 fully saturated rings. The molecule has 2 N–H and O–H groups in total. The van der Waals surface area contributed by atoms with Crippen molar-refractivity contribution in [3.05, 3.63) is 70.1 Å². The van der Waals surface area contributed by atoms with Crippen molar-refractivity contribution in [1.82, 2.24) is 9.36 Å². The largest absolute Gasteiger partial charge is 0.491 e. The lowest BCUT2D eigenvalue weighted by atomic mass is 10.1. The minimum absolute atomic E-state index is 0.0393. The van der Waals surface area contributed by atoms with Gasteiger partial charge < -0.3 is 15.4 Å². The van der Waals surface area contributed by atoms with E-state index in [-0.39, 0.29) is 17.1 Å². The van der Waals surface area contributed by atoms with E-state index >= 15 is 0 Å². The van der Waals surface area contributed by atoms with Gasteiger partial charge in [-0.25, -0.2) is 4.68 Å². The Bertz CT molecular complexity index is 1220. The van der Waals surface area contributed by atoms with Gasteiger partial charge in [0.15, 0.2) is 0 Å². The molecule has 1 atom stereocenters. The van der Waals surface area contributed by atoms with E-state index in [1.54, 1.807) is 42.9 Å². The van der Waals surface area contributed by atoms with E-state index in [9.17, 15) is 22.8 Å². The fourth-order valence-corrected chi connectivity index (χ4v) is 3.40. The third-order valence-electron chi connectivity index (χ3n) is 5.34. The van der Waals surface area contributed by atoms with E-state index < -0.39 is 29.2 Å². The Morgan fingerprint density at radius 2 is 1.82 bits per heavy atom. The van der Waals surface area contributed by atoms with Crippen LogP contribution in [0, 0.1) is 6.92 Å². The van der Waals surface area contributed by atoms with Crippen molar-refractivity contribution in [1.29, 1.82) is 0 Å². The summed E-state index contributed by atoms with van der Waals surface area (Å²) in [6.07, 6.45) is -3.88. The Balaban J connectivity index is 1.86. The summed E-state index contributed by atoms with van der Waals surface area (Å²) in [5.41, 5.74) is 0.00898. The molecule has 0 saturated heterocycles. The summed E-state index contributed by atoms with van der Waals surface area (Å²) in [5, 5.41) is 5.41. The van der Waals surface area contributed by atoms with Gasteiger partial charge in [0.2, 0.25) is 5.91 Å². The van der Waals surface area contributed by atoms with Crippen LogP contribution in [0.25, 0.3) is 5.69 Å². The molecule has 1 unspecified atom stereocenters. The molecule has 10 heteroatoms. The average molecular weight is 476 g/mol. The van der Waals surface area contributed by atoms with E-state index in [1.165, 1.54) is 17.7 Å². The van der Waals surface area contributed by atoms with E-state index in [1.807, 2.05) is 13.0 Å². The van der Waals surface area contributed by atoms with E-state index in [0.29, 0.717) is 24.4 Å². The van der Waals surface area contributed by atoms with Gasteiger partial charge in [-0.3, -0.25) is 14.3 Å². The quantitative estimate of drug-likeness (QED) is 0.493. The van der Waals surface area contributed by atoms with E-state index in [4.69, 9.17) is 4.74 Å². The summed E-state index contributed by atoms with van der Waals surface area (Å²) < 4.78 is 48.2. The lowest BCUT2D eigenvalue weighted by Gasteiger charge is -2.19. The fourth-order valence-electron chi connectivity index (χ4n) is 3.40. The van der Waals surface area contributed by atoms with Crippen molar-refractivity contribution in [2.45, 2.75) is 39.4 Å². The molecule has 0 aliphatic rings. The van der Waals surface area contributed by atoms with Gasteiger partial charge in [-0.05, 0) is 50.6 Å². The van der Waals surface area contributed by atoms with Crippen LogP contribution in [-0.2, 0) is 18.0 Å². The molecular formula is C24H27F3N4O3. The van der Waals surface area contributed by atoms with Crippen LogP contribution < -0.4 is 20.9 Å². The first-order chi connectivity index (χ1) is 16.0. The molecule has 1 amide bonds. The van der Waals surface area contributed by atoms with Gasteiger partial charge in [-0.2, -0.15) is 13.2 Å². The monoisotopic (exact) mass is 476 g/mol. The van der Waals surface area contributed by atoms with Crippen molar-refractivity contribution < 1.29 is 22.7 Å². The zero-order valence-electron chi connectivity index (χ0n) is 19.4. The smallest absolute Gasteiger partial charge is 0.416 e. The fraction of sp³-hybridized carbons (Fsp3) is 0.333. The Hall–Kier alpha value is -3.69. The highest BCUT2D eigenvalue weighted by Crippen LogP contribution is 2.35. The number of ether oxygens (including phenoxy) is 1. The number of benzene rings is 2. The molecule has 182 valence electrons. The molecule has 0 saturated carbocycles. The third kappa shape index (κ3) is 5.27. The van der Waals surface area contributed by atoms with Crippen molar-refractivity contribution in [2.24, 2.45) is 7.05 Å². The number of nitrogens with one attached hydrogen (secondary N) is 2. The highest BCUT2D eigenvalue weighted by Gasteiger charge is 2.31. The molecule has 0 aliphatic carbocycles. The van der Waals surface area contributed by atoms with Gasteiger partial charge in [-0.15, -0.1) is 0 Å². The van der Waals surface area contributed by atoms with Gasteiger partial charge in [0, 0.05) is 7.05 Å². The highest BCUT2D eigenvalue weighted by atomic mass is 19.4. The summed E-state index contributed by atoms with van der Waals surface area (Å²) in [5.74, 6) is -0.373. The van der Waals surface area contributed by atoms with Crippen molar-refractivity contribution >= 4 is 17.3 Å². The standard InChI is InChI=1S/C24H27F3N4O3/c1-5-13-34-20-12-11-17(24(25,26)27)14-19(20)28-15(2)22(32)29-21-16(3)30(4)31(23(21)33)18-9-7-6-8-10-18/h6-12,14-15,28H,5,13H2,1-4H3,(H,29,32). The van der Waals surface area contributed by atoms with Crippen LogP contribution in [0.4, 0.5) is 24.5 Å². The minimum Gasteiger partial charge on any atom is -0.491 e. The van der Waals surface area contributed by atoms with Crippen LogP contribution in [0.3, 0.4) is 0 Å². The molecule has 1 heterocycles. The molecule has 3 rings (SSSR count). The van der Waals surface area contributed by atoms with Crippen LogP contribution in [0.1, 0.15) is 31.5 Å². The summed E-state index contributed by atoms with van der Waals surface area (Å²) in [4.78, 5) is 25.9. The maximum absolute atomic E-state index is 13.2. The summed E-state index contributed by atoms with van der Waals surface area (Å²) in [6.45, 7) is 5.37. The lowest BCUT2D eigenvalue weighted by Crippen LogP contribution is -2.34. The molecule has 0 spiro atoms. The first kappa shape index (κ1) is 24.9. The number of nitrogens with zero attached hydrogens (tertiary/aromatic N) is 2. The van der Waals surface area contributed by atoms with Gasteiger partial charge in [0.25, 0.3) is 5.56 Å². The second-order valence-electron chi connectivity index (χ2n) is 7.85. The number of hydrogen-bond acceptors (Lipinski definition) is 4. The number of carbonyl (C=O) groups is 1.